The predicted molar refractivity (Wildman–Crippen MR) is 100.0 cm³/mol. The number of urea groups is 1. The molecule has 7 nitrogen and oxygen atoms in total. The second-order valence-electron chi connectivity index (χ2n) is 6.16. The van der Waals surface area contributed by atoms with Gasteiger partial charge in [-0.1, -0.05) is 36.2 Å². The second-order valence-corrected chi connectivity index (χ2v) is 6.95. The first-order chi connectivity index (χ1) is 12.3. The number of aryl methyl sites for hydroxylation is 1. The Labute approximate surface area is 160 Å². The number of hydrogen-bond acceptors (Lipinski definition) is 4. The molecule has 3 amide bonds. The highest BCUT2D eigenvalue weighted by Crippen LogP contribution is 2.25. The van der Waals surface area contributed by atoms with E-state index in [4.69, 9.17) is 23.2 Å². The van der Waals surface area contributed by atoms with Gasteiger partial charge in [0.05, 0.1) is 23.2 Å². The van der Waals surface area contributed by atoms with Crippen molar-refractivity contribution < 1.29 is 9.59 Å². The van der Waals surface area contributed by atoms with Gasteiger partial charge >= 0.3 is 6.03 Å². The fraction of sp³-hybridized carbons (Fsp3) is 0.294. The van der Waals surface area contributed by atoms with Gasteiger partial charge in [0.2, 0.25) is 0 Å². The number of halogens is 2. The molecule has 1 fully saturated rings. The van der Waals surface area contributed by atoms with E-state index in [-0.39, 0.29) is 0 Å². The molecule has 3 rings (SSSR count). The zero-order valence-corrected chi connectivity index (χ0v) is 16.0. The van der Waals surface area contributed by atoms with E-state index in [1.165, 1.54) is 10.9 Å². The molecule has 26 heavy (non-hydrogen) atoms. The van der Waals surface area contributed by atoms with E-state index >= 15 is 0 Å². The molecular formula is C17H17Cl2N5O2. The van der Waals surface area contributed by atoms with Gasteiger partial charge in [-0.25, -0.2) is 9.48 Å². The van der Waals surface area contributed by atoms with Gasteiger partial charge < -0.3 is 5.32 Å². The lowest BCUT2D eigenvalue weighted by molar-refractivity contribution is -0.130. The van der Waals surface area contributed by atoms with Crippen molar-refractivity contribution in [3.05, 3.63) is 45.7 Å². The molecule has 0 radical (unpaired) electrons. The quantitative estimate of drug-likeness (QED) is 0.636. The summed E-state index contributed by atoms with van der Waals surface area (Å²) in [4.78, 5) is 24.4. The largest absolute Gasteiger partial charge is 0.346 e. The highest BCUT2D eigenvalue weighted by molar-refractivity contribution is 6.32. The van der Waals surface area contributed by atoms with Crippen LogP contribution in [0.3, 0.4) is 0 Å². The van der Waals surface area contributed by atoms with Crippen molar-refractivity contribution >= 4 is 41.4 Å². The van der Waals surface area contributed by atoms with Gasteiger partial charge in [0.1, 0.15) is 10.7 Å². The van der Waals surface area contributed by atoms with Crippen molar-refractivity contribution in [3.8, 4) is 5.69 Å². The minimum atomic E-state index is -0.946. The molecule has 0 aliphatic carbocycles. The standard InChI is InChI=1S/C17H17Cl2N5O2/c1-4-17(3)15(25)24(16(26)21-17)20-9-13-10(2)22-23(14(13)19)12-7-5-6-11(18)8-12/h5-9H,4H2,1-3H3,(H,21,26)/b20-9+. The summed E-state index contributed by atoms with van der Waals surface area (Å²) in [5.74, 6) is -0.405. The topological polar surface area (TPSA) is 79.6 Å². The summed E-state index contributed by atoms with van der Waals surface area (Å²) in [5.41, 5.74) is 0.860. The number of benzene rings is 1. The van der Waals surface area contributed by atoms with E-state index in [2.05, 4.69) is 15.5 Å². The number of carbonyl (C=O) groups is 2. The second kappa shape index (κ2) is 6.74. The zero-order chi connectivity index (χ0) is 19.1. The fourth-order valence-electron chi connectivity index (χ4n) is 2.57. The number of nitrogens with zero attached hydrogens (tertiary/aromatic N) is 4. The lowest BCUT2D eigenvalue weighted by atomic mass is 10.00. The third kappa shape index (κ3) is 3.08. The van der Waals surface area contributed by atoms with Crippen LogP contribution in [0.15, 0.2) is 29.4 Å². The smallest absolute Gasteiger partial charge is 0.322 e. The number of carbonyl (C=O) groups excluding carboxylic acids is 2. The maximum Gasteiger partial charge on any atom is 0.346 e. The van der Waals surface area contributed by atoms with Crippen LogP contribution in [-0.2, 0) is 4.79 Å². The number of rotatable bonds is 4. The third-order valence-corrected chi connectivity index (χ3v) is 4.95. The molecule has 1 saturated heterocycles. The number of aromatic nitrogens is 2. The summed E-state index contributed by atoms with van der Waals surface area (Å²) in [7, 11) is 0. The molecule has 136 valence electrons. The summed E-state index contributed by atoms with van der Waals surface area (Å²) in [5, 5.41) is 12.7. The van der Waals surface area contributed by atoms with Crippen molar-refractivity contribution in [1.82, 2.24) is 20.1 Å². The highest BCUT2D eigenvalue weighted by Gasteiger charge is 2.46. The number of nitrogens with one attached hydrogen (secondary N) is 1. The Morgan fingerprint density at radius 1 is 1.35 bits per heavy atom. The van der Waals surface area contributed by atoms with Gasteiger partial charge in [-0.05, 0) is 38.5 Å². The first-order valence-corrected chi connectivity index (χ1v) is 8.74. The molecule has 0 spiro atoms. The normalized spacial score (nSPS) is 20.3. The van der Waals surface area contributed by atoms with Crippen LogP contribution in [0.2, 0.25) is 10.2 Å². The SMILES string of the molecule is CCC1(C)NC(=O)N(/N=C/c2c(C)nn(-c3cccc(Cl)c3)c2Cl)C1=O. The lowest BCUT2D eigenvalue weighted by Gasteiger charge is -2.17. The van der Waals surface area contributed by atoms with E-state index in [1.54, 1.807) is 32.0 Å². The van der Waals surface area contributed by atoms with Crippen LogP contribution in [0.5, 0.6) is 0 Å². The summed E-state index contributed by atoms with van der Waals surface area (Å²) >= 11 is 12.4. The van der Waals surface area contributed by atoms with Crippen LogP contribution in [-0.4, -0.2) is 38.5 Å². The number of amides is 3. The van der Waals surface area contributed by atoms with Crippen molar-refractivity contribution in [2.75, 3.05) is 0 Å². The first kappa shape index (κ1) is 18.4. The molecule has 1 unspecified atom stereocenters. The third-order valence-electron chi connectivity index (χ3n) is 4.35. The van der Waals surface area contributed by atoms with E-state index in [0.717, 1.165) is 5.01 Å². The van der Waals surface area contributed by atoms with E-state index in [1.807, 2.05) is 13.0 Å². The molecule has 1 aromatic carbocycles. The average molecular weight is 394 g/mol. The minimum absolute atomic E-state index is 0.304. The van der Waals surface area contributed by atoms with Gasteiger partial charge in [-0.2, -0.15) is 10.2 Å². The molecule has 1 aliphatic heterocycles. The Hall–Kier alpha value is -2.38. The average Bonchev–Trinajstić information content (AvgIpc) is 3.00. The molecule has 0 saturated carbocycles. The van der Waals surface area contributed by atoms with E-state index < -0.39 is 17.5 Å². The van der Waals surface area contributed by atoms with E-state index in [9.17, 15) is 9.59 Å². The monoisotopic (exact) mass is 393 g/mol. The maximum absolute atomic E-state index is 12.4. The Kier molecular flexibility index (Phi) is 4.77. The number of imide groups is 1. The van der Waals surface area contributed by atoms with Crippen LogP contribution < -0.4 is 5.32 Å². The molecule has 0 bridgehead atoms. The maximum atomic E-state index is 12.4. The van der Waals surface area contributed by atoms with Crippen molar-refractivity contribution in [1.29, 1.82) is 0 Å². The Balaban J connectivity index is 1.93. The fourth-order valence-corrected chi connectivity index (χ4v) is 3.07. The van der Waals surface area contributed by atoms with Crippen LogP contribution in [0.1, 0.15) is 31.5 Å². The van der Waals surface area contributed by atoms with E-state index in [0.29, 0.717) is 33.5 Å². The molecule has 2 heterocycles. The van der Waals surface area contributed by atoms with Gasteiger partial charge in [0, 0.05) is 5.02 Å². The zero-order valence-electron chi connectivity index (χ0n) is 14.5. The Morgan fingerprint density at radius 2 is 2.08 bits per heavy atom. The molecule has 1 atom stereocenters. The molecular weight excluding hydrogens is 377 g/mol. The van der Waals surface area contributed by atoms with Gasteiger partial charge in [0.25, 0.3) is 5.91 Å². The van der Waals surface area contributed by atoms with Gasteiger partial charge in [0.15, 0.2) is 0 Å². The molecule has 2 aromatic rings. The van der Waals surface area contributed by atoms with Crippen molar-refractivity contribution in [2.45, 2.75) is 32.7 Å². The minimum Gasteiger partial charge on any atom is -0.322 e. The molecule has 1 N–H and O–H groups in total. The Bertz CT molecular complexity index is 924. The first-order valence-electron chi connectivity index (χ1n) is 7.98. The molecule has 1 aliphatic rings. The summed E-state index contributed by atoms with van der Waals surface area (Å²) in [6.45, 7) is 5.25. The van der Waals surface area contributed by atoms with Crippen LogP contribution in [0.4, 0.5) is 4.79 Å². The number of hydrazone groups is 1. The summed E-state index contributed by atoms with van der Waals surface area (Å²) < 4.78 is 1.52. The molecule has 1 aromatic heterocycles. The molecule has 9 heteroatoms. The highest BCUT2D eigenvalue weighted by atomic mass is 35.5. The van der Waals surface area contributed by atoms with Crippen LogP contribution >= 0.6 is 23.2 Å². The van der Waals surface area contributed by atoms with Gasteiger partial charge in [-0.15, -0.1) is 5.01 Å². The number of hydrogen-bond donors (Lipinski definition) is 1. The lowest BCUT2D eigenvalue weighted by Crippen LogP contribution is -2.42. The van der Waals surface area contributed by atoms with Crippen molar-refractivity contribution in [2.24, 2.45) is 5.10 Å². The predicted octanol–water partition coefficient (Wildman–Crippen LogP) is 3.54. The van der Waals surface area contributed by atoms with Crippen LogP contribution in [0, 0.1) is 6.92 Å². The van der Waals surface area contributed by atoms with Crippen LogP contribution in [0.25, 0.3) is 5.69 Å². The van der Waals surface area contributed by atoms with Crippen molar-refractivity contribution in [3.63, 3.8) is 0 Å². The summed E-state index contributed by atoms with van der Waals surface area (Å²) in [6.07, 6.45) is 1.83. The Morgan fingerprint density at radius 3 is 2.69 bits per heavy atom. The summed E-state index contributed by atoms with van der Waals surface area (Å²) in [6, 6.07) is 6.52. The van der Waals surface area contributed by atoms with Gasteiger partial charge in [-0.3, -0.25) is 4.79 Å².